The van der Waals surface area contributed by atoms with Crippen LogP contribution in [0, 0.1) is 20.8 Å². The maximum Gasteiger partial charge on any atom is 0.0654 e. The maximum absolute atomic E-state index is 4.52. The van der Waals surface area contributed by atoms with Crippen molar-refractivity contribution in [3.8, 4) is 5.69 Å². The zero-order chi connectivity index (χ0) is 13.8. The molecule has 0 saturated heterocycles. The third-order valence-corrected chi connectivity index (χ3v) is 3.30. The maximum atomic E-state index is 4.52. The van der Waals surface area contributed by atoms with Crippen LogP contribution in [0.2, 0.25) is 0 Å². The Morgan fingerprint density at radius 3 is 2.42 bits per heavy atom. The molecule has 2 rings (SSSR count). The van der Waals surface area contributed by atoms with Crippen LogP contribution < -0.4 is 5.32 Å². The van der Waals surface area contributed by atoms with Gasteiger partial charge in [0.2, 0.25) is 0 Å². The summed E-state index contributed by atoms with van der Waals surface area (Å²) in [5, 5.41) is 7.95. The highest BCUT2D eigenvalue weighted by atomic mass is 15.3. The Balaban J connectivity index is 2.25. The summed E-state index contributed by atoms with van der Waals surface area (Å²) in [5.74, 6) is 0. The van der Waals surface area contributed by atoms with E-state index < -0.39 is 0 Å². The molecule has 0 atom stereocenters. The van der Waals surface area contributed by atoms with Crippen LogP contribution in [0.4, 0.5) is 0 Å². The van der Waals surface area contributed by atoms with E-state index in [1.165, 1.54) is 22.4 Å². The zero-order valence-electron chi connectivity index (χ0n) is 12.3. The van der Waals surface area contributed by atoms with Crippen LogP contribution in [-0.2, 0) is 6.54 Å². The van der Waals surface area contributed by atoms with Crippen LogP contribution in [0.3, 0.4) is 0 Å². The summed E-state index contributed by atoms with van der Waals surface area (Å²) in [4.78, 5) is 0. The van der Waals surface area contributed by atoms with Gasteiger partial charge < -0.3 is 5.32 Å². The van der Waals surface area contributed by atoms with Crippen molar-refractivity contribution >= 4 is 0 Å². The highest BCUT2D eigenvalue weighted by Crippen LogP contribution is 2.17. The van der Waals surface area contributed by atoms with Gasteiger partial charge in [-0.1, -0.05) is 13.0 Å². The molecule has 0 aliphatic heterocycles. The van der Waals surface area contributed by atoms with Crippen LogP contribution in [-0.4, -0.2) is 16.3 Å². The van der Waals surface area contributed by atoms with Crippen LogP contribution in [0.15, 0.2) is 24.4 Å². The smallest absolute Gasteiger partial charge is 0.0654 e. The van der Waals surface area contributed by atoms with E-state index in [4.69, 9.17) is 0 Å². The van der Waals surface area contributed by atoms with Crippen LogP contribution in [0.1, 0.15) is 35.7 Å². The summed E-state index contributed by atoms with van der Waals surface area (Å²) >= 11 is 0. The third-order valence-electron chi connectivity index (χ3n) is 3.30. The lowest BCUT2D eigenvalue weighted by Gasteiger charge is -2.08. The fraction of sp³-hybridized carbons (Fsp3) is 0.438. The van der Waals surface area contributed by atoms with Gasteiger partial charge in [-0.05, 0) is 57.0 Å². The lowest BCUT2D eigenvalue weighted by Crippen LogP contribution is -2.14. The van der Waals surface area contributed by atoms with Crippen molar-refractivity contribution in [2.75, 3.05) is 6.54 Å². The molecule has 0 fully saturated rings. The molecule has 0 aliphatic carbocycles. The van der Waals surface area contributed by atoms with Crippen LogP contribution in [0.5, 0.6) is 0 Å². The Morgan fingerprint density at radius 2 is 1.79 bits per heavy atom. The first-order valence-electron chi connectivity index (χ1n) is 6.94. The first-order valence-corrected chi connectivity index (χ1v) is 6.94. The number of rotatable bonds is 5. The van der Waals surface area contributed by atoms with Gasteiger partial charge in [0.25, 0.3) is 0 Å². The Hall–Kier alpha value is -1.61. The summed E-state index contributed by atoms with van der Waals surface area (Å²) in [6, 6.07) is 6.54. The van der Waals surface area contributed by atoms with Crippen molar-refractivity contribution in [2.24, 2.45) is 0 Å². The molecule has 1 aromatic heterocycles. The molecule has 1 aromatic carbocycles. The van der Waals surface area contributed by atoms with Crippen molar-refractivity contribution in [1.29, 1.82) is 0 Å². The van der Waals surface area contributed by atoms with Gasteiger partial charge >= 0.3 is 0 Å². The Bertz CT molecular complexity index is 535. The van der Waals surface area contributed by atoms with Crippen molar-refractivity contribution in [3.63, 3.8) is 0 Å². The van der Waals surface area contributed by atoms with Gasteiger partial charge in [-0.25, -0.2) is 4.68 Å². The average molecular weight is 257 g/mol. The van der Waals surface area contributed by atoms with Gasteiger partial charge in [-0.15, -0.1) is 0 Å². The SMILES string of the molecule is CCCNCc1cnn(-c2cc(C)cc(C)c2)c1C. The van der Waals surface area contributed by atoms with Gasteiger partial charge in [-0.3, -0.25) is 0 Å². The second kappa shape index (κ2) is 6.02. The Morgan fingerprint density at radius 1 is 1.11 bits per heavy atom. The summed E-state index contributed by atoms with van der Waals surface area (Å²) in [7, 11) is 0. The van der Waals surface area contributed by atoms with E-state index in [1.807, 2.05) is 10.9 Å². The summed E-state index contributed by atoms with van der Waals surface area (Å²) < 4.78 is 2.03. The number of hydrogen-bond acceptors (Lipinski definition) is 2. The molecule has 0 bridgehead atoms. The molecule has 1 heterocycles. The number of hydrogen-bond donors (Lipinski definition) is 1. The van der Waals surface area contributed by atoms with Gasteiger partial charge in [0.1, 0.15) is 0 Å². The Labute approximate surface area is 115 Å². The number of nitrogens with zero attached hydrogens (tertiary/aromatic N) is 2. The highest BCUT2D eigenvalue weighted by molar-refractivity contribution is 5.40. The minimum Gasteiger partial charge on any atom is -0.313 e. The summed E-state index contributed by atoms with van der Waals surface area (Å²) in [6.45, 7) is 10.5. The normalized spacial score (nSPS) is 10.9. The number of benzene rings is 1. The lowest BCUT2D eigenvalue weighted by molar-refractivity contribution is 0.672. The molecule has 0 unspecified atom stereocenters. The molecule has 19 heavy (non-hydrogen) atoms. The topological polar surface area (TPSA) is 29.9 Å². The summed E-state index contributed by atoms with van der Waals surface area (Å²) in [6.07, 6.45) is 3.12. The molecule has 0 aliphatic rings. The molecule has 1 N–H and O–H groups in total. The van der Waals surface area contributed by atoms with E-state index >= 15 is 0 Å². The lowest BCUT2D eigenvalue weighted by atomic mass is 10.1. The van der Waals surface area contributed by atoms with Crippen LogP contribution in [0.25, 0.3) is 5.69 Å². The van der Waals surface area contributed by atoms with E-state index in [0.717, 1.165) is 25.2 Å². The summed E-state index contributed by atoms with van der Waals surface area (Å²) in [5.41, 5.74) is 6.18. The molecule has 3 nitrogen and oxygen atoms in total. The fourth-order valence-electron chi connectivity index (χ4n) is 2.35. The number of nitrogens with one attached hydrogen (secondary N) is 1. The minimum atomic E-state index is 0.893. The highest BCUT2D eigenvalue weighted by Gasteiger charge is 2.08. The molecular weight excluding hydrogens is 234 g/mol. The molecule has 102 valence electrons. The first kappa shape index (κ1) is 13.8. The van der Waals surface area contributed by atoms with Crippen molar-refractivity contribution < 1.29 is 0 Å². The van der Waals surface area contributed by atoms with E-state index in [9.17, 15) is 0 Å². The molecule has 0 saturated carbocycles. The van der Waals surface area contributed by atoms with E-state index in [0.29, 0.717) is 0 Å². The van der Waals surface area contributed by atoms with Crippen molar-refractivity contribution in [2.45, 2.75) is 40.7 Å². The second-order valence-electron chi connectivity index (χ2n) is 5.19. The fourth-order valence-corrected chi connectivity index (χ4v) is 2.35. The molecule has 2 aromatic rings. The standard InChI is InChI=1S/C16H23N3/c1-5-6-17-10-15-11-18-19(14(15)4)16-8-12(2)7-13(3)9-16/h7-9,11,17H,5-6,10H2,1-4H3. The first-order chi connectivity index (χ1) is 9.11. The van der Waals surface area contributed by atoms with Crippen molar-refractivity contribution in [3.05, 3.63) is 46.8 Å². The van der Waals surface area contributed by atoms with Crippen LogP contribution >= 0.6 is 0 Å². The van der Waals surface area contributed by atoms with E-state index in [1.54, 1.807) is 0 Å². The van der Waals surface area contributed by atoms with Gasteiger partial charge in [0.05, 0.1) is 11.9 Å². The van der Waals surface area contributed by atoms with Crippen molar-refractivity contribution in [1.82, 2.24) is 15.1 Å². The zero-order valence-corrected chi connectivity index (χ0v) is 12.3. The monoisotopic (exact) mass is 257 g/mol. The van der Waals surface area contributed by atoms with Gasteiger partial charge in [-0.2, -0.15) is 5.10 Å². The third kappa shape index (κ3) is 3.24. The van der Waals surface area contributed by atoms with Gasteiger partial charge in [0, 0.05) is 17.8 Å². The molecule has 0 amide bonds. The predicted molar refractivity (Wildman–Crippen MR) is 79.8 cm³/mol. The Kier molecular flexibility index (Phi) is 4.38. The minimum absolute atomic E-state index is 0.893. The van der Waals surface area contributed by atoms with E-state index in [2.05, 4.69) is 56.3 Å². The second-order valence-corrected chi connectivity index (χ2v) is 5.19. The largest absolute Gasteiger partial charge is 0.313 e. The quantitative estimate of drug-likeness (QED) is 0.833. The molecular formula is C16H23N3. The predicted octanol–water partition coefficient (Wildman–Crippen LogP) is 3.30. The molecule has 3 heteroatoms. The number of aromatic nitrogens is 2. The number of aryl methyl sites for hydroxylation is 2. The van der Waals surface area contributed by atoms with E-state index in [-0.39, 0.29) is 0 Å². The molecule has 0 radical (unpaired) electrons. The average Bonchev–Trinajstić information content (AvgIpc) is 2.70. The van der Waals surface area contributed by atoms with Gasteiger partial charge in [0.15, 0.2) is 0 Å². The molecule has 0 spiro atoms.